The molecule has 0 bridgehead atoms. The van der Waals surface area contributed by atoms with Crippen molar-refractivity contribution < 1.29 is 17.6 Å². The third kappa shape index (κ3) is 2.84. The van der Waals surface area contributed by atoms with Crippen LogP contribution < -0.4 is 5.63 Å². The highest BCUT2D eigenvalue weighted by Gasteiger charge is 2.30. The number of benzene rings is 1. The summed E-state index contributed by atoms with van der Waals surface area (Å²) in [7, 11) is -3.20. The molecule has 7 heteroatoms. The van der Waals surface area contributed by atoms with E-state index >= 15 is 0 Å². The van der Waals surface area contributed by atoms with Crippen molar-refractivity contribution in [3.05, 3.63) is 45.8 Å². The van der Waals surface area contributed by atoms with Crippen LogP contribution >= 0.6 is 0 Å². The van der Waals surface area contributed by atoms with E-state index in [1.54, 1.807) is 32.0 Å². The molecule has 0 aliphatic carbocycles. The molecule has 1 atom stereocenters. The summed E-state index contributed by atoms with van der Waals surface area (Å²) in [6.07, 6.45) is 0.367. The average Bonchev–Trinajstić information content (AvgIpc) is 2.66. The van der Waals surface area contributed by atoms with Crippen LogP contribution in [0, 0.1) is 6.92 Å². The molecule has 3 rings (SSSR count). The number of fused-ring (bicyclic) bond motifs is 1. The van der Waals surface area contributed by atoms with Crippen LogP contribution in [0.4, 0.5) is 0 Å². The van der Waals surface area contributed by atoms with Gasteiger partial charge in [-0.15, -0.1) is 0 Å². The lowest BCUT2D eigenvalue weighted by Crippen LogP contribution is -2.36. The number of sulfone groups is 1. The lowest BCUT2D eigenvalue weighted by atomic mass is 10.0. The van der Waals surface area contributed by atoms with Gasteiger partial charge in [0.15, 0.2) is 9.84 Å². The second kappa shape index (κ2) is 6.05. The van der Waals surface area contributed by atoms with Gasteiger partial charge in [0.1, 0.15) is 11.1 Å². The molecule has 1 amide bonds. The van der Waals surface area contributed by atoms with E-state index in [1.165, 1.54) is 4.90 Å². The summed E-state index contributed by atoms with van der Waals surface area (Å²) in [6, 6.07) is 7.04. The lowest BCUT2D eigenvalue weighted by molar-refractivity contribution is 0.0762. The molecular formula is C17H19NO5S. The molecule has 0 unspecified atom stereocenters. The van der Waals surface area contributed by atoms with Crippen molar-refractivity contribution in [1.82, 2.24) is 4.90 Å². The van der Waals surface area contributed by atoms with Crippen LogP contribution in [0.1, 0.15) is 29.3 Å². The summed E-state index contributed by atoms with van der Waals surface area (Å²) >= 11 is 0. The van der Waals surface area contributed by atoms with Gasteiger partial charge in [0, 0.05) is 18.5 Å². The zero-order valence-corrected chi connectivity index (χ0v) is 14.4. The van der Waals surface area contributed by atoms with Crippen LogP contribution in [0.2, 0.25) is 0 Å². The zero-order chi connectivity index (χ0) is 17.5. The molecule has 128 valence electrons. The Bertz CT molecular complexity index is 961. The van der Waals surface area contributed by atoms with Gasteiger partial charge in [0.2, 0.25) is 0 Å². The molecule has 1 aromatic carbocycles. The van der Waals surface area contributed by atoms with Gasteiger partial charge in [0.05, 0.1) is 11.0 Å². The second-order valence-corrected chi connectivity index (χ2v) is 8.68. The molecule has 24 heavy (non-hydrogen) atoms. The highest BCUT2D eigenvalue weighted by Crippen LogP contribution is 2.21. The number of aryl methyl sites for hydroxylation is 1. The molecule has 6 nitrogen and oxygen atoms in total. The summed E-state index contributed by atoms with van der Waals surface area (Å²) in [4.78, 5) is 26.5. The van der Waals surface area contributed by atoms with E-state index in [4.69, 9.17) is 4.42 Å². The molecule has 2 heterocycles. The fourth-order valence-corrected chi connectivity index (χ4v) is 4.32. The molecule has 1 aliphatic heterocycles. The molecule has 1 aliphatic rings. The number of para-hydroxylation sites is 1. The largest absolute Gasteiger partial charge is 0.422 e. The topological polar surface area (TPSA) is 84.7 Å². The minimum Gasteiger partial charge on any atom is -0.422 e. The quantitative estimate of drug-likeness (QED) is 0.732. The third-order valence-corrected chi connectivity index (χ3v) is 6.85. The van der Waals surface area contributed by atoms with Gasteiger partial charge in [0.25, 0.3) is 5.91 Å². The summed E-state index contributed by atoms with van der Waals surface area (Å²) in [5.41, 5.74) is 0.299. The molecule has 0 spiro atoms. The number of carbonyl (C=O) groups is 1. The van der Waals surface area contributed by atoms with E-state index in [2.05, 4.69) is 0 Å². The van der Waals surface area contributed by atoms with E-state index in [-0.39, 0.29) is 17.9 Å². The van der Waals surface area contributed by atoms with Crippen molar-refractivity contribution in [3.63, 3.8) is 0 Å². The number of hydrogen-bond acceptors (Lipinski definition) is 5. The maximum Gasteiger partial charge on any atom is 0.349 e. The standard InChI is InChI=1S/C17H19NO5S/c1-11-7-8-18(9-10-24(11,21)22)16(19)15-12(2)13-5-3-4-6-14(13)23-17(15)20/h3-6,11H,7-10H2,1-2H3/t11-/m1/s1. The smallest absolute Gasteiger partial charge is 0.349 e. The van der Waals surface area contributed by atoms with Crippen LogP contribution in [0.15, 0.2) is 33.5 Å². The summed E-state index contributed by atoms with van der Waals surface area (Å²) < 4.78 is 29.3. The van der Waals surface area contributed by atoms with Crippen LogP contribution in [-0.4, -0.2) is 43.3 Å². The Morgan fingerprint density at radius 3 is 2.71 bits per heavy atom. The van der Waals surface area contributed by atoms with Gasteiger partial charge in [-0.2, -0.15) is 0 Å². The van der Waals surface area contributed by atoms with Gasteiger partial charge in [-0.3, -0.25) is 4.79 Å². The first-order valence-electron chi connectivity index (χ1n) is 7.84. The second-order valence-electron chi connectivity index (χ2n) is 6.14. The maximum atomic E-state index is 12.8. The zero-order valence-electron chi connectivity index (χ0n) is 13.6. The van der Waals surface area contributed by atoms with Crippen molar-refractivity contribution in [3.8, 4) is 0 Å². The van der Waals surface area contributed by atoms with E-state index in [9.17, 15) is 18.0 Å². The van der Waals surface area contributed by atoms with Crippen LogP contribution in [0.5, 0.6) is 0 Å². The summed E-state index contributed by atoms with van der Waals surface area (Å²) in [6.45, 7) is 3.77. The lowest BCUT2D eigenvalue weighted by Gasteiger charge is -2.20. The molecule has 1 aromatic heterocycles. The Balaban J connectivity index is 2.02. The van der Waals surface area contributed by atoms with E-state index < -0.39 is 26.6 Å². The molecule has 2 aromatic rings. The highest BCUT2D eigenvalue weighted by atomic mass is 32.2. The molecule has 0 N–H and O–H groups in total. The van der Waals surface area contributed by atoms with Crippen molar-refractivity contribution >= 4 is 26.7 Å². The minimum absolute atomic E-state index is 0.0133. The first-order valence-corrected chi connectivity index (χ1v) is 9.56. The Kier molecular flexibility index (Phi) is 4.21. The number of nitrogens with zero attached hydrogens (tertiary/aromatic N) is 1. The summed E-state index contributed by atoms with van der Waals surface area (Å²) in [5.74, 6) is -0.547. The van der Waals surface area contributed by atoms with Crippen molar-refractivity contribution in [1.29, 1.82) is 0 Å². The Morgan fingerprint density at radius 1 is 1.25 bits per heavy atom. The predicted molar refractivity (Wildman–Crippen MR) is 91.0 cm³/mol. The number of rotatable bonds is 1. The number of carbonyl (C=O) groups excluding carboxylic acids is 1. The fourth-order valence-electron chi connectivity index (χ4n) is 2.98. The van der Waals surface area contributed by atoms with Gasteiger partial charge in [-0.1, -0.05) is 18.2 Å². The van der Waals surface area contributed by atoms with Crippen molar-refractivity contribution in [2.24, 2.45) is 0 Å². The molecular weight excluding hydrogens is 330 g/mol. The fraction of sp³-hybridized carbons (Fsp3) is 0.412. The number of amides is 1. The van der Waals surface area contributed by atoms with E-state index in [0.29, 0.717) is 29.5 Å². The van der Waals surface area contributed by atoms with E-state index in [1.807, 2.05) is 6.07 Å². The highest BCUT2D eigenvalue weighted by molar-refractivity contribution is 7.92. The predicted octanol–water partition coefficient (Wildman–Crippen LogP) is 1.75. The summed E-state index contributed by atoms with van der Waals surface area (Å²) in [5, 5.41) is 0.223. The SMILES string of the molecule is Cc1c(C(=O)N2CC[C@@H](C)S(=O)(=O)CC2)c(=O)oc2ccccc12. The Morgan fingerprint density at radius 2 is 1.96 bits per heavy atom. The van der Waals surface area contributed by atoms with Crippen LogP contribution in [0.3, 0.4) is 0 Å². The normalized spacial score (nSPS) is 20.8. The monoisotopic (exact) mass is 349 g/mol. The van der Waals surface area contributed by atoms with Gasteiger partial charge >= 0.3 is 5.63 Å². The molecule has 1 fully saturated rings. The van der Waals surface area contributed by atoms with Crippen molar-refractivity contribution in [2.45, 2.75) is 25.5 Å². The first-order chi connectivity index (χ1) is 11.3. The van der Waals surface area contributed by atoms with Gasteiger partial charge in [-0.25, -0.2) is 13.2 Å². The minimum atomic E-state index is -3.20. The van der Waals surface area contributed by atoms with Gasteiger partial charge < -0.3 is 9.32 Å². The molecule has 0 saturated carbocycles. The first kappa shape index (κ1) is 16.7. The average molecular weight is 349 g/mol. The Labute approximate surface area is 140 Å². The van der Waals surface area contributed by atoms with Crippen LogP contribution in [0.25, 0.3) is 11.0 Å². The molecule has 1 saturated heterocycles. The third-order valence-electron chi connectivity index (χ3n) is 4.64. The van der Waals surface area contributed by atoms with Crippen LogP contribution in [-0.2, 0) is 9.84 Å². The molecule has 0 radical (unpaired) electrons. The van der Waals surface area contributed by atoms with Crippen molar-refractivity contribution in [2.75, 3.05) is 18.8 Å². The number of hydrogen-bond donors (Lipinski definition) is 0. The van der Waals surface area contributed by atoms with E-state index in [0.717, 1.165) is 0 Å². The Hall–Kier alpha value is -2.15. The van der Waals surface area contributed by atoms with Gasteiger partial charge in [-0.05, 0) is 31.9 Å². The maximum absolute atomic E-state index is 12.8.